The highest BCUT2D eigenvalue weighted by Crippen LogP contribution is 2.28. The molecule has 4 aromatic rings. The lowest BCUT2D eigenvalue weighted by Crippen LogP contribution is -2.07. The van der Waals surface area contributed by atoms with E-state index in [0.717, 1.165) is 25.7 Å². The number of hydrogen-bond acceptors (Lipinski definition) is 6. The molecule has 7 heteroatoms. The molecule has 0 aliphatic carbocycles. The number of hydrogen-bond donors (Lipinski definition) is 2. The molecule has 0 bridgehead atoms. The summed E-state index contributed by atoms with van der Waals surface area (Å²) in [4.78, 5) is 12.8. The first kappa shape index (κ1) is 24.1. The maximum atomic E-state index is 13.3. The van der Waals surface area contributed by atoms with Gasteiger partial charge in [0.2, 0.25) is 0 Å². The summed E-state index contributed by atoms with van der Waals surface area (Å²) >= 11 is 0. The first-order valence-corrected chi connectivity index (χ1v) is 11.7. The van der Waals surface area contributed by atoms with Crippen molar-refractivity contribution in [1.29, 1.82) is 0 Å². The monoisotopic (exact) mass is 476 g/mol. The minimum atomic E-state index is -0.344. The summed E-state index contributed by atoms with van der Waals surface area (Å²) in [5.74, 6) is 1.34. The second-order valence-electron chi connectivity index (χ2n) is 8.46. The number of fused-ring (bicyclic) bond motifs is 1. The van der Waals surface area contributed by atoms with Gasteiger partial charge < -0.3 is 25.4 Å². The Morgan fingerprint density at radius 2 is 1.57 bits per heavy atom. The summed E-state index contributed by atoms with van der Waals surface area (Å²) < 4.78 is 30.9. The van der Waals surface area contributed by atoms with Crippen molar-refractivity contribution in [2.75, 3.05) is 24.7 Å². The fourth-order valence-electron chi connectivity index (χ4n) is 3.84. The smallest absolute Gasteiger partial charge is 0.196 e. The van der Waals surface area contributed by atoms with Gasteiger partial charge in [-0.3, -0.25) is 4.79 Å². The van der Waals surface area contributed by atoms with Crippen LogP contribution in [0.4, 0.5) is 15.8 Å². The van der Waals surface area contributed by atoms with Gasteiger partial charge in [-0.05, 0) is 81.1 Å². The Morgan fingerprint density at radius 1 is 0.857 bits per heavy atom. The average Bonchev–Trinajstić information content (AvgIpc) is 2.85. The first-order valence-electron chi connectivity index (χ1n) is 11.7. The van der Waals surface area contributed by atoms with Gasteiger partial charge in [0.15, 0.2) is 5.43 Å². The zero-order chi connectivity index (χ0) is 24.8. The van der Waals surface area contributed by atoms with Crippen LogP contribution in [0.25, 0.3) is 22.3 Å². The highest BCUT2D eigenvalue weighted by Gasteiger charge is 2.13. The van der Waals surface area contributed by atoms with E-state index in [1.54, 1.807) is 55.5 Å². The largest absolute Gasteiger partial charge is 0.493 e. The van der Waals surface area contributed by atoms with Crippen LogP contribution in [0.15, 0.2) is 69.9 Å². The summed E-state index contributed by atoms with van der Waals surface area (Å²) in [7, 11) is 0. The molecule has 0 spiro atoms. The Hall–Kier alpha value is -4.00. The second-order valence-corrected chi connectivity index (χ2v) is 8.46. The molecule has 3 aromatic carbocycles. The topological polar surface area (TPSA) is 101 Å². The summed E-state index contributed by atoms with van der Waals surface area (Å²) in [6, 6.07) is 16.3. The molecule has 0 atom stereocenters. The number of nitrogens with two attached hydrogens (primary N) is 2. The number of nitrogen functional groups attached to an aromatic ring is 2. The Morgan fingerprint density at radius 3 is 2.31 bits per heavy atom. The minimum absolute atomic E-state index is 0.112. The molecular weight excluding hydrogens is 447 g/mol. The molecule has 6 nitrogen and oxygen atoms in total. The quantitative estimate of drug-likeness (QED) is 0.212. The number of unbranched alkanes of at least 4 members (excludes halogenated alkanes) is 3. The van der Waals surface area contributed by atoms with E-state index in [2.05, 4.69) is 0 Å². The normalized spacial score (nSPS) is 11.0. The van der Waals surface area contributed by atoms with Gasteiger partial charge in [0, 0.05) is 28.9 Å². The van der Waals surface area contributed by atoms with Crippen LogP contribution < -0.4 is 26.4 Å². The highest BCUT2D eigenvalue weighted by molar-refractivity contribution is 5.81. The van der Waals surface area contributed by atoms with Crippen LogP contribution in [-0.2, 0) is 0 Å². The summed E-state index contributed by atoms with van der Waals surface area (Å²) in [6.45, 7) is 2.84. The van der Waals surface area contributed by atoms with Crippen molar-refractivity contribution in [3.63, 3.8) is 0 Å². The third-order valence-electron chi connectivity index (χ3n) is 5.80. The molecule has 1 aromatic heterocycles. The molecule has 4 rings (SSSR count). The molecule has 0 saturated heterocycles. The van der Waals surface area contributed by atoms with E-state index in [1.165, 1.54) is 12.1 Å². The van der Waals surface area contributed by atoms with E-state index in [4.69, 9.17) is 25.4 Å². The van der Waals surface area contributed by atoms with Crippen molar-refractivity contribution >= 4 is 22.3 Å². The van der Waals surface area contributed by atoms with Crippen LogP contribution in [-0.4, -0.2) is 13.2 Å². The van der Waals surface area contributed by atoms with Gasteiger partial charge in [-0.25, -0.2) is 4.39 Å². The first-order chi connectivity index (χ1) is 16.9. The van der Waals surface area contributed by atoms with Crippen molar-refractivity contribution < 1.29 is 18.3 Å². The number of benzene rings is 3. The second kappa shape index (κ2) is 11.0. The lowest BCUT2D eigenvalue weighted by molar-refractivity contribution is 0.288. The van der Waals surface area contributed by atoms with Crippen molar-refractivity contribution in [3.8, 4) is 22.8 Å². The van der Waals surface area contributed by atoms with E-state index in [9.17, 15) is 9.18 Å². The fourth-order valence-corrected chi connectivity index (χ4v) is 3.84. The van der Waals surface area contributed by atoms with Crippen LogP contribution in [0.5, 0.6) is 11.5 Å². The van der Waals surface area contributed by atoms with E-state index in [-0.39, 0.29) is 11.2 Å². The number of rotatable bonds is 10. The Kier molecular flexibility index (Phi) is 7.55. The van der Waals surface area contributed by atoms with Crippen LogP contribution in [0.2, 0.25) is 0 Å². The molecule has 0 unspecified atom stereocenters. The van der Waals surface area contributed by atoms with Gasteiger partial charge in [-0.2, -0.15) is 0 Å². The van der Waals surface area contributed by atoms with Crippen molar-refractivity contribution in [2.45, 2.75) is 32.6 Å². The molecule has 4 N–H and O–H groups in total. The Bertz CT molecular complexity index is 1370. The van der Waals surface area contributed by atoms with Gasteiger partial charge in [-0.1, -0.05) is 0 Å². The predicted octanol–water partition coefficient (Wildman–Crippen LogP) is 6.09. The fraction of sp³-hybridized carbons (Fsp3) is 0.250. The molecular formula is C28H29FN2O4. The van der Waals surface area contributed by atoms with Gasteiger partial charge in [0.05, 0.1) is 24.3 Å². The van der Waals surface area contributed by atoms with Gasteiger partial charge in [-0.15, -0.1) is 0 Å². The molecule has 1 heterocycles. The minimum Gasteiger partial charge on any atom is -0.493 e. The zero-order valence-electron chi connectivity index (χ0n) is 19.7. The third-order valence-corrected chi connectivity index (χ3v) is 5.80. The van der Waals surface area contributed by atoms with Crippen molar-refractivity contribution in [2.24, 2.45) is 0 Å². The van der Waals surface area contributed by atoms with Crippen LogP contribution in [0, 0.1) is 12.7 Å². The zero-order valence-corrected chi connectivity index (χ0v) is 19.7. The summed E-state index contributed by atoms with van der Waals surface area (Å²) in [5.41, 5.74) is 14.3. The highest BCUT2D eigenvalue weighted by atomic mass is 19.1. The van der Waals surface area contributed by atoms with Crippen molar-refractivity contribution in [3.05, 3.63) is 82.3 Å². The maximum Gasteiger partial charge on any atom is 0.196 e. The number of halogens is 1. The van der Waals surface area contributed by atoms with E-state index < -0.39 is 0 Å². The Balaban J connectivity index is 1.28. The predicted molar refractivity (Wildman–Crippen MR) is 137 cm³/mol. The van der Waals surface area contributed by atoms with Gasteiger partial charge >= 0.3 is 0 Å². The number of ether oxygens (including phenoxy) is 2. The summed E-state index contributed by atoms with van der Waals surface area (Å²) in [5, 5.41) is 0.488. The van der Waals surface area contributed by atoms with Crippen molar-refractivity contribution in [1.82, 2.24) is 0 Å². The maximum absolute atomic E-state index is 13.3. The van der Waals surface area contributed by atoms with E-state index >= 15 is 0 Å². The van der Waals surface area contributed by atoms with E-state index in [1.807, 2.05) is 0 Å². The van der Waals surface area contributed by atoms with Crippen LogP contribution in [0.3, 0.4) is 0 Å². The van der Waals surface area contributed by atoms with Gasteiger partial charge in [0.25, 0.3) is 0 Å². The lowest BCUT2D eigenvalue weighted by Gasteiger charge is -2.10. The SMILES string of the molecule is Cc1c(-c2ccc(F)cc2)oc2cc(OCCCCCCOc3cc(N)ccc3N)ccc2c1=O. The molecule has 0 fully saturated rings. The third kappa shape index (κ3) is 5.93. The Labute approximate surface area is 203 Å². The van der Waals surface area contributed by atoms with Crippen LogP contribution >= 0.6 is 0 Å². The summed E-state index contributed by atoms with van der Waals surface area (Å²) in [6.07, 6.45) is 3.78. The molecule has 0 radical (unpaired) electrons. The molecule has 35 heavy (non-hydrogen) atoms. The standard InChI is InChI=1S/C28H29FN2O4/c1-18-27(32)23-12-11-22(17-25(23)35-28(18)19-6-8-20(29)9-7-19)33-14-4-2-3-5-15-34-26-16-21(30)10-13-24(26)31/h6-13,16-17H,2-5,14-15,30-31H2,1H3. The average molecular weight is 477 g/mol. The number of anilines is 2. The molecule has 182 valence electrons. The van der Waals surface area contributed by atoms with Crippen LogP contribution in [0.1, 0.15) is 31.2 Å². The van der Waals surface area contributed by atoms with Gasteiger partial charge in [0.1, 0.15) is 28.7 Å². The molecule has 0 aliphatic heterocycles. The molecule has 0 amide bonds. The molecule has 0 aliphatic rings. The lowest BCUT2D eigenvalue weighted by atomic mass is 10.1. The van der Waals surface area contributed by atoms with E-state index in [0.29, 0.717) is 63.9 Å². The molecule has 0 saturated carbocycles.